The van der Waals surface area contributed by atoms with Crippen molar-refractivity contribution in [1.29, 1.82) is 5.41 Å². The van der Waals surface area contributed by atoms with Crippen molar-refractivity contribution >= 4 is 5.84 Å². The van der Waals surface area contributed by atoms with Crippen LogP contribution in [-0.2, 0) is 0 Å². The highest BCUT2D eigenvalue weighted by molar-refractivity contribution is 5.81. The summed E-state index contributed by atoms with van der Waals surface area (Å²) in [4.78, 5) is 2.20. The summed E-state index contributed by atoms with van der Waals surface area (Å²) >= 11 is 0. The Morgan fingerprint density at radius 2 is 1.93 bits per heavy atom. The predicted molar refractivity (Wildman–Crippen MR) is 63.3 cm³/mol. The predicted octanol–water partition coefficient (Wildman–Crippen LogP) is 3.13. The molecule has 0 aliphatic carbocycles. The molecule has 1 atom stereocenters. The van der Waals surface area contributed by atoms with Gasteiger partial charge < -0.3 is 4.90 Å². The Morgan fingerprint density at radius 3 is 2.47 bits per heavy atom. The highest BCUT2D eigenvalue weighted by Gasteiger charge is 2.22. The molecule has 1 heterocycles. The van der Waals surface area contributed by atoms with Gasteiger partial charge in [0.25, 0.3) is 0 Å². The molecule has 1 saturated heterocycles. The van der Waals surface area contributed by atoms with Gasteiger partial charge in [-0.2, -0.15) is 0 Å². The molecular weight excluding hydrogens is 184 g/mol. The topological polar surface area (TPSA) is 27.1 Å². The standard InChI is InChI=1S/C13H18N2/c1-10-5-7-12(8-6-10)11(2)15-9-3-4-13(15)14/h5-8,11,14H,3-4,9H2,1-2H3. The largest absolute Gasteiger partial charge is 0.354 e. The monoisotopic (exact) mass is 202 g/mol. The van der Waals surface area contributed by atoms with Gasteiger partial charge in [-0.15, -0.1) is 0 Å². The van der Waals surface area contributed by atoms with Crippen molar-refractivity contribution in [2.75, 3.05) is 6.54 Å². The minimum atomic E-state index is 0.348. The van der Waals surface area contributed by atoms with Crippen molar-refractivity contribution in [3.05, 3.63) is 35.4 Å². The van der Waals surface area contributed by atoms with E-state index in [0.717, 1.165) is 25.2 Å². The third kappa shape index (κ3) is 2.04. The first-order chi connectivity index (χ1) is 7.18. The summed E-state index contributed by atoms with van der Waals surface area (Å²) in [5, 5.41) is 7.85. The quantitative estimate of drug-likeness (QED) is 0.783. The summed E-state index contributed by atoms with van der Waals surface area (Å²) in [5.74, 6) is 0.795. The zero-order valence-electron chi connectivity index (χ0n) is 9.46. The van der Waals surface area contributed by atoms with Crippen molar-refractivity contribution < 1.29 is 0 Å². The second-order valence-corrected chi connectivity index (χ2v) is 4.33. The molecule has 80 valence electrons. The van der Waals surface area contributed by atoms with Gasteiger partial charge >= 0.3 is 0 Å². The Kier molecular flexibility index (Phi) is 2.76. The molecule has 15 heavy (non-hydrogen) atoms. The zero-order chi connectivity index (χ0) is 10.8. The van der Waals surface area contributed by atoms with Crippen molar-refractivity contribution in [3.63, 3.8) is 0 Å². The van der Waals surface area contributed by atoms with Crippen LogP contribution < -0.4 is 0 Å². The van der Waals surface area contributed by atoms with Crippen LogP contribution in [0.5, 0.6) is 0 Å². The molecule has 0 amide bonds. The first-order valence-electron chi connectivity index (χ1n) is 5.59. The fraction of sp³-hybridized carbons (Fsp3) is 0.462. The lowest BCUT2D eigenvalue weighted by molar-refractivity contribution is 0.362. The van der Waals surface area contributed by atoms with Crippen molar-refractivity contribution in [3.8, 4) is 0 Å². The van der Waals surface area contributed by atoms with E-state index in [1.54, 1.807) is 0 Å². The highest BCUT2D eigenvalue weighted by atomic mass is 15.2. The van der Waals surface area contributed by atoms with Gasteiger partial charge in [-0.25, -0.2) is 0 Å². The number of aryl methyl sites for hydroxylation is 1. The van der Waals surface area contributed by atoms with Crippen LogP contribution in [0.25, 0.3) is 0 Å². The Bertz CT molecular complexity index is 353. The number of benzene rings is 1. The number of rotatable bonds is 2. The van der Waals surface area contributed by atoms with Crippen LogP contribution in [0.2, 0.25) is 0 Å². The molecule has 1 unspecified atom stereocenters. The molecule has 1 aromatic rings. The Labute approximate surface area is 91.4 Å². The van der Waals surface area contributed by atoms with Crippen LogP contribution in [0.3, 0.4) is 0 Å². The maximum Gasteiger partial charge on any atom is 0.0963 e. The third-order valence-electron chi connectivity index (χ3n) is 3.19. The van der Waals surface area contributed by atoms with Gasteiger partial charge in [-0.1, -0.05) is 29.8 Å². The molecule has 2 nitrogen and oxygen atoms in total. The second-order valence-electron chi connectivity index (χ2n) is 4.33. The van der Waals surface area contributed by atoms with Gasteiger partial charge in [0.2, 0.25) is 0 Å². The molecule has 1 N–H and O–H groups in total. The first kappa shape index (κ1) is 10.2. The van der Waals surface area contributed by atoms with Gasteiger partial charge in [-0.3, -0.25) is 5.41 Å². The first-order valence-corrected chi connectivity index (χ1v) is 5.59. The maximum absolute atomic E-state index is 7.85. The fourth-order valence-corrected chi connectivity index (χ4v) is 2.15. The van der Waals surface area contributed by atoms with E-state index < -0.39 is 0 Å². The lowest BCUT2D eigenvalue weighted by atomic mass is 10.1. The third-order valence-corrected chi connectivity index (χ3v) is 3.19. The zero-order valence-corrected chi connectivity index (χ0v) is 9.46. The van der Waals surface area contributed by atoms with Gasteiger partial charge in [0.05, 0.1) is 11.9 Å². The number of nitrogens with zero attached hydrogens (tertiary/aromatic N) is 1. The van der Waals surface area contributed by atoms with Crippen molar-refractivity contribution in [2.45, 2.75) is 32.7 Å². The summed E-state index contributed by atoms with van der Waals surface area (Å²) in [6.45, 7) is 5.32. The minimum Gasteiger partial charge on any atom is -0.354 e. The van der Waals surface area contributed by atoms with Crippen LogP contribution in [0.4, 0.5) is 0 Å². The lowest BCUT2D eigenvalue weighted by Gasteiger charge is -2.26. The molecule has 1 aliphatic heterocycles. The van der Waals surface area contributed by atoms with Gasteiger partial charge in [0.1, 0.15) is 0 Å². The summed E-state index contributed by atoms with van der Waals surface area (Å²) in [6, 6.07) is 8.98. The molecule has 0 spiro atoms. The van der Waals surface area contributed by atoms with E-state index in [1.165, 1.54) is 11.1 Å². The molecule has 0 radical (unpaired) electrons. The minimum absolute atomic E-state index is 0.348. The van der Waals surface area contributed by atoms with E-state index in [1.807, 2.05) is 0 Å². The van der Waals surface area contributed by atoms with Gasteiger partial charge in [0.15, 0.2) is 0 Å². The lowest BCUT2D eigenvalue weighted by Crippen LogP contribution is -2.27. The highest BCUT2D eigenvalue weighted by Crippen LogP contribution is 2.25. The molecule has 1 aromatic carbocycles. The maximum atomic E-state index is 7.85. The SMILES string of the molecule is Cc1ccc(C(C)N2CCCC2=N)cc1. The Balaban J connectivity index is 2.16. The molecule has 1 fully saturated rings. The Hall–Kier alpha value is -1.31. The second kappa shape index (κ2) is 4.05. The van der Waals surface area contributed by atoms with Crippen LogP contribution in [0.1, 0.15) is 36.9 Å². The normalized spacial score (nSPS) is 18.3. The summed E-state index contributed by atoms with van der Waals surface area (Å²) in [7, 11) is 0. The molecule has 0 bridgehead atoms. The summed E-state index contributed by atoms with van der Waals surface area (Å²) in [6.07, 6.45) is 2.07. The molecular formula is C13H18N2. The van der Waals surface area contributed by atoms with Crippen molar-refractivity contribution in [2.24, 2.45) is 0 Å². The number of hydrogen-bond acceptors (Lipinski definition) is 1. The smallest absolute Gasteiger partial charge is 0.0963 e. The average molecular weight is 202 g/mol. The summed E-state index contributed by atoms with van der Waals surface area (Å²) in [5.41, 5.74) is 2.61. The fourth-order valence-electron chi connectivity index (χ4n) is 2.15. The number of hydrogen-bond donors (Lipinski definition) is 1. The van der Waals surface area contributed by atoms with Gasteiger partial charge in [-0.05, 0) is 25.8 Å². The van der Waals surface area contributed by atoms with Crippen molar-refractivity contribution in [1.82, 2.24) is 4.90 Å². The van der Waals surface area contributed by atoms with Crippen LogP contribution in [0, 0.1) is 12.3 Å². The van der Waals surface area contributed by atoms with E-state index in [-0.39, 0.29) is 0 Å². The molecule has 0 aromatic heterocycles. The van der Waals surface area contributed by atoms with E-state index in [2.05, 4.69) is 43.0 Å². The number of nitrogens with one attached hydrogen (secondary N) is 1. The van der Waals surface area contributed by atoms with E-state index >= 15 is 0 Å². The number of amidine groups is 1. The van der Waals surface area contributed by atoms with Gasteiger partial charge in [0, 0.05) is 13.0 Å². The molecule has 2 rings (SSSR count). The van der Waals surface area contributed by atoms with E-state index in [0.29, 0.717) is 6.04 Å². The van der Waals surface area contributed by atoms with E-state index in [4.69, 9.17) is 5.41 Å². The molecule has 0 saturated carbocycles. The molecule has 1 aliphatic rings. The number of likely N-dealkylation sites (tertiary alicyclic amines) is 1. The van der Waals surface area contributed by atoms with E-state index in [9.17, 15) is 0 Å². The average Bonchev–Trinajstić information content (AvgIpc) is 2.65. The Morgan fingerprint density at radius 1 is 1.27 bits per heavy atom. The van der Waals surface area contributed by atoms with Crippen LogP contribution in [0.15, 0.2) is 24.3 Å². The molecule has 2 heteroatoms. The summed E-state index contributed by atoms with van der Waals surface area (Å²) < 4.78 is 0. The van der Waals surface area contributed by atoms with Crippen LogP contribution >= 0.6 is 0 Å². The van der Waals surface area contributed by atoms with Crippen LogP contribution in [-0.4, -0.2) is 17.3 Å².